The summed E-state index contributed by atoms with van der Waals surface area (Å²) in [6.07, 6.45) is -0.390. The summed E-state index contributed by atoms with van der Waals surface area (Å²) in [6, 6.07) is 10.8. The van der Waals surface area contributed by atoms with Crippen LogP contribution >= 0.6 is 11.6 Å². The van der Waals surface area contributed by atoms with Crippen molar-refractivity contribution < 1.29 is 28.6 Å². The average molecular weight is 406 g/mol. The lowest BCUT2D eigenvalue weighted by Gasteiger charge is -2.18. The number of hydrogen-bond donors (Lipinski definition) is 1. The number of anilines is 1. The van der Waals surface area contributed by atoms with E-state index in [0.29, 0.717) is 17.2 Å². The van der Waals surface area contributed by atoms with E-state index < -0.39 is 23.9 Å². The van der Waals surface area contributed by atoms with Gasteiger partial charge in [0, 0.05) is 10.7 Å². The Hall–Kier alpha value is -3.06. The Morgan fingerprint density at radius 2 is 1.50 bits per heavy atom. The molecule has 148 valence electrons. The fourth-order valence-corrected chi connectivity index (χ4v) is 2.52. The van der Waals surface area contributed by atoms with Gasteiger partial charge in [-0.3, -0.25) is 4.79 Å². The molecule has 0 aliphatic rings. The molecule has 0 aliphatic heterocycles. The van der Waals surface area contributed by atoms with Crippen LogP contribution in [-0.2, 0) is 14.3 Å². The quantitative estimate of drug-likeness (QED) is 0.706. The van der Waals surface area contributed by atoms with Crippen LogP contribution in [0.2, 0.25) is 5.02 Å². The summed E-state index contributed by atoms with van der Waals surface area (Å²) in [5.74, 6) is -1.24. The lowest BCUT2D eigenvalue weighted by Crippen LogP contribution is -2.32. The standard InChI is InChI=1S/C20H20ClNO6/c1-4-17(28-16-7-5-14(21)6-8-16)18(23)22-15-10-12(19(24)26-2)9-13(11-15)20(25)27-3/h5-11,17H,4H2,1-3H3,(H,22,23)/t17-/m1/s1. The van der Waals surface area contributed by atoms with Crippen LogP contribution in [0.5, 0.6) is 5.75 Å². The van der Waals surface area contributed by atoms with Crippen LogP contribution in [0, 0.1) is 0 Å². The number of nitrogens with one attached hydrogen (secondary N) is 1. The van der Waals surface area contributed by atoms with Crippen molar-refractivity contribution in [2.24, 2.45) is 0 Å². The average Bonchev–Trinajstić information content (AvgIpc) is 2.71. The smallest absolute Gasteiger partial charge is 0.337 e. The van der Waals surface area contributed by atoms with Crippen molar-refractivity contribution >= 4 is 35.1 Å². The topological polar surface area (TPSA) is 90.9 Å². The number of benzene rings is 2. The largest absolute Gasteiger partial charge is 0.481 e. The molecule has 0 spiro atoms. The minimum absolute atomic E-state index is 0.104. The van der Waals surface area contributed by atoms with E-state index in [9.17, 15) is 14.4 Å². The van der Waals surface area contributed by atoms with Gasteiger partial charge in [-0.25, -0.2) is 9.59 Å². The van der Waals surface area contributed by atoms with Gasteiger partial charge in [0.2, 0.25) is 0 Å². The molecule has 8 heteroatoms. The first-order valence-corrected chi connectivity index (χ1v) is 8.80. The van der Waals surface area contributed by atoms with Gasteiger partial charge < -0.3 is 19.5 Å². The van der Waals surface area contributed by atoms with Crippen LogP contribution < -0.4 is 10.1 Å². The van der Waals surface area contributed by atoms with Crippen molar-refractivity contribution in [3.8, 4) is 5.75 Å². The molecular formula is C20H20ClNO6. The van der Waals surface area contributed by atoms with Crippen molar-refractivity contribution in [2.75, 3.05) is 19.5 Å². The van der Waals surface area contributed by atoms with Gasteiger partial charge in [-0.1, -0.05) is 18.5 Å². The number of carbonyl (C=O) groups is 3. The Bertz CT molecular complexity index is 831. The SMILES string of the molecule is CC[C@@H](Oc1ccc(Cl)cc1)C(=O)Nc1cc(C(=O)OC)cc(C(=O)OC)c1. The number of rotatable bonds is 7. The lowest BCUT2D eigenvalue weighted by atomic mass is 10.1. The van der Waals surface area contributed by atoms with Crippen LogP contribution in [-0.4, -0.2) is 38.2 Å². The summed E-state index contributed by atoms with van der Waals surface area (Å²) >= 11 is 5.85. The number of carbonyl (C=O) groups excluding carboxylic acids is 3. The lowest BCUT2D eigenvalue weighted by molar-refractivity contribution is -0.122. The predicted molar refractivity (Wildman–Crippen MR) is 104 cm³/mol. The third-order valence-electron chi connectivity index (χ3n) is 3.80. The molecule has 0 aromatic heterocycles. The monoisotopic (exact) mass is 405 g/mol. The maximum Gasteiger partial charge on any atom is 0.337 e. The second kappa shape index (κ2) is 9.75. The molecule has 28 heavy (non-hydrogen) atoms. The number of esters is 2. The van der Waals surface area contributed by atoms with E-state index in [1.165, 1.54) is 32.4 Å². The molecule has 0 aliphatic carbocycles. The van der Waals surface area contributed by atoms with Crippen LogP contribution in [0.3, 0.4) is 0 Å². The van der Waals surface area contributed by atoms with E-state index in [1.807, 2.05) is 0 Å². The molecule has 0 radical (unpaired) electrons. The molecule has 0 bridgehead atoms. The molecule has 2 aromatic carbocycles. The Morgan fingerprint density at radius 1 is 0.964 bits per heavy atom. The number of amides is 1. The zero-order valence-corrected chi connectivity index (χ0v) is 16.4. The third-order valence-corrected chi connectivity index (χ3v) is 4.05. The maximum absolute atomic E-state index is 12.6. The molecule has 0 heterocycles. The van der Waals surface area contributed by atoms with Crippen molar-refractivity contribution in [2.45, 2.75) is 19.4 Å². The Labute approximate surface area is 167 Å². The summed E-state index contributed by atoms with van der Waals surface area (Å²) < 4.78 is 15.1. The van der Waals surface area contributed by atoms with E-state index in [4.69, 9.17) is 16.3 Å². The van der Waals surface area contributed by atoms with Crippen LogP contribution in [0.25, 0.3) is 0 Å². The van der Waals surface area contributed by atoms with Gasteiger partial charge in [0.25, 0.3) is 5.91 Å². The van der Waals surface area contributed by atoms with E-state index >= 15 is 0 Å². The molecule has 0 fully saturated rings. The van der Waals surface area contributed by atoms with Crippen molar-refractivity contribution in [1.29, 1.82) is 0 Å². The molecule has 1 amide bonds. The molecule has 2 aromatic rings. The normalized spacial score (nSPS) is 11.3. The first-order valence-electron chi connectivity index (χ1n) is 8.42. The second-order valence-corrected chi connectivity index (χ2v) is 6.18. The van der Waals surface area contributed by atoms with Gasteiger partial charge in [0.1, 0.15) is 5.75 Å². The highest BCUT2D eigenvalue weighted by atomic mass is 35.5. The summed E-state index contributed by atoms with van der Waals surface area (Å²) in [7, 11) is 2.44. The molecule has 0 saturated heterocycles. The molecule has 2 rings (SSSR count). The minimum Gasteiger partial charge on any atom is -0.481 e. The summed E-state index contributed by atoms with van der Waals surface area (Å²) in [6.45, 7) is 1.80. The summed E-state index contributed by atoms with van der Waals surface area (Å²) in [5, 5.41) is 3.21. The Morgan fingerprint density at radius 3 is 1.96 bits per heavy atom. The van der Waals surface area contributed by atoms with E-state index in [-0.39, 0.29) is 16.8 Å². The first kappa shape index (κ1) is 21.2. The van der Waals surface area contributed by atoms with Crippen molar-refractivity contribution in [3.05, 3.63) is 58.6 Å². The Kier molecular flexibility index (Phi) is 7.40. The molecule has 1 N–H and O–H groups in total. The van der Waals surface area contributed by atoms with Gasteiger partial charge in [0.05, 0.1) is 25.3 Å². The van der Waals surface area contributed by atoms with Gasteiger partial charge in [-0.05, 0) is 48.9 Å². The molecule has 0 saturated carbocycles. The zero-order chi connectivity index (χ0) is 20.7. The maximum atomic E-state index is 12.6. The van der Waals surface area contributed by atoms with Crippen molar-refractivity contribution in [3.63, 3.8) is 0 Å². The molecule has 0 unspecified atom stereocenters. The molecule has 7 nitrogen and oxygen atoms in total. The first-order chi connectivity index (χ1) is 13.4. The number of ether oxygens (including phenoxy) is 3. The fourth-order valence-electron chi connectivity index (χ4n) is 2.39. The van der Waals surface area contributed by atoms with E-state index in [0.717, 1.165) is 0 Å². The summed E-state index contributed by atoms with van der Waals surface area (Å²) in [5.41, 5.74) is 0.450. The number of halogens is 1. The van der Waals surface area contributed by atoms with E-state index in [2.05, 4.69) is 14.8 Å². The Balaban J connectivity index is 2.23. The fraction of sp³-hybridized carbons (Fsp3) is 0.250. The summed E-state index contributed by atoms with van der Waals surface area (Å²) in [4.78, 5) is 36.3. The van der Waals surface area contributed by atoms with Gasteiger partial charge in [-0.15, -0.1) is 0 Å². The van der Waals surface area contributed by atoms with Crippen LogP contribution in [0.1, 0.15) is 34.1 Å². The highest BCUT2D eigenvalue weighted by Crippen LogP contribution is 2.20. The number of methoxy groups -OCH3 is 2. The van der Waals surface area contributed by atoms with Crippen LogP contribution in [0.15, 0.2) is 42.5 Å². The highest BCUT2D eigenvalue weighted by molar-refractivity contribution is 6.30. The second-order valence-electron chi connectivity index (χ2n) is 5.74. The minimum atomic E-state index is -0.787. The molecule has 1 atom stereocenters. The van der Waals surface area contributed by atoms with Crippen LogP contribution in [0.4, 0.5) is 5.69 Å². The highest BCUT2D eigenvalue weighted by Gasteiger charge is 2.21. The van der Waals surface area contributed by atoms with Gasteiger partial charge >= 0.3 is 11.9 Å². The predicted octanol–water partition coefficient (Wildman–Crippen LogP) is 3.71. The van der Waals surface area contributed by atoms with E-state index in [1.54, 1.807) is 31.2 Å². The van der Waals surface area contributed by atoms with Gasteiger partial charge in [-0.2, -0.15) is 0 Å². The van der Waals surface area contributed by atoms with Gasteiger partial charge in [0.15, 0.2) is 6.10 Å². The number of hydrogen-bond acceptors (Lipinski definition) is 6. The third kappa shape index (κ3) is 5.47. The molecular weight excluding hydrogens is 386 g/mol. The zero-order valence-electron chi connectivity index (χ0n) is 15.7. The van der Waals surface area contributed by atoms with Crippen molar-refractivity contribution in [1.82, 2.24) is 0 Å².